The van der Waals surface area contributed by atoms with Gasteiger partial charge in [0.25, 0.3) is 10.2 Å². The monoisotopic (exact) mass is 326 g/mol. The van der Waals surface area contributed by atoms with Crippen LogP contribution < -0.4 is 5.14 Å². The van der Waals surface area contributed by atoms with E-state index in [4.69, 9.17) is 5.14 Å². The van der Waals surface area contributed by atoms with E-state index in [0.717, 1.165) is 16.4 Å². The summed E-state index contributed by atoms with van der Waals surface area (Å²) in [5, 5.41) is 4.96. The summed E-state index contributed by atoms with van der Waals surface area (Å²) in [5.41, 5.74) is -3.33. The minimum Gasteiger partial charge on any atom is -0.237 e. The molecule has 0 bridgehead atoms. The predicted molar refractivity (Wildman–Crippen MR) is 68.1 cm³/mol. The molecule has 1 aliphatic rings. The molecule has 1 unspecified atom stereocenters. The number of alkyl halides is 4. The molecule has 9 heteroatoms. The van der Waals surface area contributed by atoms with Crippen molar-refractivity contribution < 1.29 is 26.0 Å². The molecule has 0 radical (unpaired) electrons. The molecule has 0 spiro atoms. The Morgan fingerprint density at radius 3 is 2.52 bits per heavy atom. The summed E-state index contributed by atoms with van der Waals surface area (Å²) in [4.78, 5) is 0. The van der Waals surface area contributed by atoms with Crippen LogP contribution in [0.4, 0.5) is 17.6 Å². The second-order valence-electron chi connectivity index (χ2n) is 5.03. The van der Waals surface area contributed by atoms with Gasteiger partial charge in [0.05, 0.1) is 12.1 Å². The molecule has 1 heterocycles. The summed E-state index contributed by atoms with van der Waals surface area (Å²) in [7, 11) is -4.07. The molecule has 0 saturated carbocycles. The lowest BCUT2D eigenvalue weighted by Crippen LogP contribution is -2.48. The summed E-state index contributed by atoms with van der Waals surface area (Å²) in [5.74, 6) is 0. The zero-order valence-electron chi connectivity index (χ0n) is 10.9. The Morgan fingerprint density at radius 2 is 1.95 bits per heavy atom. The Hall–Kier alpha value is -1.19. The van der Waals surface area contributed by atoms with Crippen molar-refractivity contribution in [2.45, 2.75) is 24.7 Å². The molecule has 0 amide bonds. The van der Waals surface area contributed by atoms with Gasteiger partial charge in [0.15, 0.2) is 0 Å². The van der Waals surface area contributed by atoms with E-state index in [9.17, 15) is 26.0 Å². The third-order valence-corrected chi connectivity index (χ3v) is 4.51. The Bertz CT molecular complexity index is 632. The van der Waals surface area contributed by atoms with E-state index >= 15 is 0 Å². The Balaban J connectivity index is 2.36. The maximum atomic E-state index is 14.9. The highest BCUT2D eigenvalue weighted by atomic mass is 32.2. The molecule has 1 aromatic carbocycles. The van der Waals surface area contributed by atoms with E-state index in [1.54, 1.807) is 0 Å². The van der Waals surface area contributed by atoms with Crippen LogP contribution in [0.1, 0.15) is 24.0 Å². The van der Waals surface area contributed by atoms with Gasteiger partial charge in [-0.2, -0.15) is 25.9 Å². The molecule has 21 heavy (non-hydrogen) atoms. The summed E-state index contributed by atoms with van der Waals surface area (Å²) in [6.45, 7) is -0.517. The molecule has 4 nitrogen and oxygen atoms in total. The average Bonchev–Trinajstić information content (AvgIpc) is 2.37. The van der Waals surface area contributed by atoms with Gasteiger partial charge in [-0.3, -0.25) is 0 Å². The topological polar surface area (TPSA) is 63.4 Å². The molecular formula is C12H14F4N2O2S. The molecule has 2 rings (SSSR count). The third kappa shape index (κ3) is 3.53. The van der Waals surface area contributed by atoms with Crippen molar-refractivity contribution in [1.82, 2.24) is 4.31 Å². The van der Waals surface area contributed by atoms with Crippen molar-refractivity contribution in [2.24, 2.45) is 5.14 Å². The summed E-state index contributed by atoms with van der Waals surface area (Å²) in [6, 6.07) is 3.89. The fourth-order valence-corrected chi connectivity index (χ4v) is 3.17. The van der Waals surface area contributed by atoms with Crippen molar-refractivity contribution in [3.05, 3.63) is 35.4 Å². The van der Waals surface area contributed by atoms with E-state index in [-0.39, 0.29) is 24.9 Å². The lowest BCUT2D eigenvalue weighted by molar-refractivity contribution is -0.137. The Labute approximate surface area is 119 Å². The summed E-state index contributed by atoms with van der Waals surface area (Å²) in [6.07, 6.45) is -4.45. The molecule has 1 aromatic rings. The molecule has 2 N–H and O–H groups in total. The first-order valence-corrected chi connectivity index (χ1v) is 7.67. The fraction of sp³-hybridized carbons (Fsp3) is 0.500. The zero-order chi connectivity index (χ0) is 15.9. The van der Waals surface area contributed by atoms with Crippen molar-refractivity contribution >= 4 is 10.2 Å². The third-order valence-electron chi connectivity index (χ3n) is 3.47. The highest BCUT2D eigenvalue weighted by Gasteiger charge is 2.41. The van der Waals surface area contributed by atoms with Gasteiger partial charge in [-0.25, -0.2) is 9.53 Å². The fourth-order valence-electron chi connectivity index (χ4n) is 2.40. The van der Waals surface area contributed by atoms with Crippen LogP contribution in [0.2, 0.25) is 0 Å². The largest absolute Gasteiger partial charge is 0.416 e. The van der Waals surface area contributed by atoms with Crippen LogP contribution in [-0.4, -0.2) is 25.8 Å². The van der Waals surface area contributed by atoms with Crippen molar-refractivity contribution in [2.75, 3.05) is 13.1 Å². The van der Waals surface area contributed by atoms with Crippen LogP contribution in [0.15, 0.2) is 24.3 Å². The maximum absolute atomic E-state index is 14.9. The average molecular weight is 326 g/mol. The molecule has 1 fully saturated rings. The lowest BCUT2D eigenvalue weighted by atomic mass is 9.87. The molecule has 0 aliphatic carbocycles. The van der Waals surface area contributed by atoms with Gasteiger partial charge in [-0.15, -0.1) is 0 Å². The highest BCUT2D eigenvalue weighted by Crippen LogP contribution is 2.38. The highest BCUT2D eigenvalue weighted by molar-refractivity contribution is 7.86. The van der Waals surface area contributed by atoms with Gasteiger partial charge in [0.1, 0.15) is 5.67 Å². The van der Waals surface area contributed by atoms with Crippen molar-refractivity contribution in [1.29, 1.82) is 0 Å². The smallest absolute Gasteiger partial charge is 0.237 e. The number of nitrogens with two attached hydrogens (primary N) is 1. The Kier molecular flexibility index (Phi) is 4.02. The summed E-state index contributed by atoms with van der Waals surface area (Å²) >= 11 is 0. The first-order valence-electron chi connectivity index (χ1n) is 6.17. The van der Waals surface area contributed by atoms with Crippen LogP contribution in [-0.2, 0) is 22.1 Å². The number of rotatable bonds is 2. The van der Waals surface area contributed by atoms with E-state index in [2.05, 4.69) is 0 Å². The first kappa shape index (κ1) is 16.2. The number of hydrogen-bond acceptors (Lipinski definition) is 2. The Morgan fingerprint density at radius 1 is 1.29 bits per heavy atom. The number of benzene rings is 1. The van der Waals surface area contributed by atoms with Gasteiger partial charge in [-0.05, 0) is 30.5 Å². The van der Waals surface area contributed by atoms with Gasteiger partial charge in [-0.1, -0.05) is 12.1 Å². The van der Waals surface area contributed by atoms with Crippen molar-refractivity contribution in [3.63, 3.8) is 0 Å². The van der Waals surface area contributed by atoms with Crippen molar-refractivity contribution in [3.8, 4) is 0 Å². The van der Waals surface area contributed by atoms with Crippen LogP contribution in [0.3, 0.4) is 0 Å². The zero-order valence-corrected chi connectivity index (χ0v) is 11.7. The maximum Gasteiger partial charge on any atom is 0.416 e. The SMILES string of the molecule is NS(=O)(=O)N1CCCC(F)(c2cccc(C(F)(F)F)c2)C1. The normalized spacial score (nSPS) is 25.0. The molecular weight excluding hydrogens is 312 g/mol. The number of hydrogen-bond donors (Lipinski definition) is 1. The molecule has 0 aromatic heterocycles. The predicted octanol–water partition coefficient (Wildman–Crippen LogP) is 2.17. The second kappa shape index (κ2) is 5.22. The molecule has 1 atom stereocenters. The molecule has 1 saturated heterocycles. The number of nitrogens with zero attached hydrogens (tertiary/aromatic N) is 1. The van der Waals surface area contributed by atoms with Crippen LogP contribution in [0, 0.1) is 0 Å². The van der Waals surface area contributed by atoms with Crippen LogP contribution >= 0.6 is 0 Å². The summed E-state index contributed by atoms with van der Waals surface area (Å²) < 4.78 is 76.3. The second-order valence-corrected chi connectivity index (χ2v) is 6.57. The van der Waals surface area contributed by atoms with Gasteiger partial charge < -0.3 is 0 Å². The first-order chi connectivity index (χ1) is 9.52. The van der Waals surface area contributed by atoms with Gasteiger partial charge >= 0.3 is 6.18 Å². The standard InChI is InChI=1S/C12H14F4N2O2S/c13-11(5-2-6-18(8-11)21(17,19)20)9-3-1-4-10(7-9)12(14,15)16/h1,3-4,7H,2,5-6,8H2,(H2,17,19,20). The van der Waals surface area contributed by atoms with Gasteiger partial charge in [0.2, 0.25) is 0 Å². The van der Waals surface area contributed by atoms with E-state index in [1.165, 1.54) is 6.07 Å². The van der Waals surface area contributed by atoms with Crippen LogP contribution in [0.25, 0.3) is 0 Å². The number of piperidine rings is 1. The van der Waals surface area contributed by atoms with E-state index in [0.29, 0.717) is 6.07 Å². The lowest BCUT2D eigenvalue weighted by Gasteiger charge is -2.36. The van der Waals surface area contributed by atoms with E-state index < -0.39 is 34.2 Å². The minimum atomic E-state index is -4.58. The van der Waals surface area contributed by atoms with Gasteiger partial charge in [0, 0.05) is 6.54 Å². The van der Waals surface area contributed by atoms with E-state index in [1.807, 2.05) is 0 Å². The number of halogens is 4. The minimum absolute atomic E-state index is 0.0552. The van der Waals surface area contributed by atoms with Crippen LogP contribution in [0.5, 0.6) is 0 Å². The quantitative estimate of drug-likeness (QED) is 0.847. The molecule has 1 aliphatic heterocycles. The molecule has 118 valence electrons.